The fraction of sp³-hybridized carbons (Fsp3) is 0.769. The number of aromatic nitrogens is 2. The Morgan fingerprint density at radius 2 is 2.22 bits per heavy atom. The molecule has 0 saturated carbocycles. The molecule has 1 saturated heterocycles. The highest BCUT2D eigenvalue weighted by molar-refractivity contribution is 6.31. The molecule has 1 aromatic rings. The third-order valence-corrected chi connectivity index (χ3v) is 4.02. The average molecular weight is 272 g/mol. The lowest BCUT2D eigenvalue weighted by Crippen LogP contribution is -2.44. The van der Waals surface area contributed by atoms with Crippen molar-refractivity contribution in [2.45, 2.75) is 57.7 Å². The summed E-state index contributed by atoms with van der Waals surface area (Å²) in [6.07, 6.45) is 4.90. The van der Waals surface area contributed by atoms with Gasteiger partial charge in [-0.3, -0.25) is 4.68 Å². The van der Waals surface area contributed by atoms with Crippen LogP contribution in [0.2, 0.25) is 5.02 Å². The Labute approximate surface area is 113 Å². The molecule has 5 heteroatoms. The van der Waals surface area contributed by atoms with Crippen LogP contribution in [0.3, 0.4) is 0 Å². The van der Waals surface area contributed by atoms with Crippen molar-refractivity contribution in [2.75, 3.05) is 6.61 Å². The van der Waals surface area contributed by atoms with E-state index in [0.717, 1.165) is 31.6 Å². The molecule has 0 radical (unpaired) electrons. The summed E-state index contributed by atoms with van der Waals surface area (Å²) in [5.74, 6) is 0. The lowest BCUT2D eigenvalue weighted by Gasteiger charge is -2.39. The Hall–Kier alpha value is -0.580. The number of halogens is 1. The zero-order valence-electron chi connectivity index (χ0n) is 11.3. The largest absolute Gasteiger partial charge is 0.373 e. The summed E-state index contributed by atoms with van der Waals surface area (Å²) in [6.45, 7) is 7.00. The van der Waals surface area contributed by atoms with Crippen LogP contribution in [0.1, 0.15) is 57.8 Å². The molecule has 1 aromatic heterocycles. The fourth-order valence-electron chi connectivity index (χ4n) is 2.54. The van der Waals surface area contributed by atoms with E-state index in [1.54, 1.807) is 6.20 Å². The zero-order chi connectivity index (χ0) is 13.3. The molecular formula is C13H22ClN3O. The van der Waals surface area contributed by atoms with Crippen molar-refractivity contribution in [1.82, 2.24) is 9.78 Å². The van der Waals surface area contributed by atoms with Crippen molar-refractivity contribution >= 4 is 11.6 Å². The molecule has 102 valence electrons. The van der Waals surface area contributed by atoms with Crippen LogP contribution in [0, 0.1) is 0 Å². The zero-order valence-corrected chi connectivity index (χ0v) is 12.1. The summed E-state index contributed by atoms with van der Waals surface area (Å²) >= 11 is 6.25. The van der Waals surface area contributed by atoms with E-state index in [2.05, 4.69) is 25.9 Å². The third kappa shape index (κ3) is 2.42. The van der Waals surface area contributed by atoms with Crippen molar-refractivity contribution in [3.05, 3.63) is 16.9 Å². The molecule has 0 amide bonds. The molecule has 1 aliphatic rings. The van der Waals surface area contributed by atoms with E-state index in [1.807, 2.05) is 4.68 Å². The lowest BCUT2D eigenvalue weighted by molar-refractivity contribution is -0.0836. The number of nitrogens with zero attached hydrogens (tertiary/aromatic N) is 2. The second-order valence-corrected chi connectivity index (χ2v) is 5.92. The number of rotatable bonds is 3. The van der Waals surface area contributed by atoms with Gasteiger partial charge in [-0.1, -0.05) is 11.6 Å². The fourth-order valence-corrected chi connectivity index (χ4v) is 2.79. The quantitative estimate of drug-likeness (QED) is 0.919. The van der Waals surface area contributed by atoms with Crippen LogP contribution in [0.5, 0.6) is 0 Å². The smallest absolute Gasteiger partial charge is 0.0862 e. The molecule has 0 aliphatic carbocycles. The predicted molar refractivity (Wildman–Crippen MR) is 72.8 cm³/mol. The highest BCUT2D eigenvalue weighted by Gasteiger charge is 2.38. The van der Waals surface area contributed by atoms with Gasteiger partial charge in [0.15, 0.2) is 0 Å². The standard InChI is InChI=1S/C13H22ClN3O/c1-9(2)17-11(10(14)8-16-17)12(15)13(3)6-4-5-7-18-13/h8-9,12H,4-7,15H2,1-3H3. The Morgan fingerprint density at radius 3 is 2.78 bits per heavy atom. The first-order valence-electron chi connectivity index (χ1n) is 6.58. The normalized spacial score (nSPS) is 26.6. The minimum atomic E-state index is -0.339. The molecule has 18 heavy (non-hydrogen) atoms. The van der Waals surface area contributed by atoms with Gasteiger partial charge in [0.25, 0.3) is 0 Å². The van der Waals surface area contributed by atoms with Crippen molar-refractivity contribution in [2.24, 2.45) is 5.73 Å². The SMILES string of the molecule is CC(C)n1ncc(Cl)c1C(N)C1(C)CCCCO1. The van der Waals surface area contributed by atoms with Gasteiger partial charge >= 0.3 is 0 Å². The molecule has 1 aliphatic heterocycles. The van der Waals surface area contributed by atoms with E-state index >= 15 is 0 Å². The van der Waals surface area contributed by atoms with E-state index in [9.17, 15) is 0 Å². The first-order valence-corrected chi connectivity index (χ1v) is 6.96. The van der Waals surface area contributed by atoms with Gasteiger partial charge in [-0.05, 0) is 40.0 Å². The van der Waals surface area contributed by atoms with Gasteiger partial charge in [0, 0.05) is 12.6 Å². The Morgan fingerprint density at radius 1 is 1.50 bits per heavy atom. The summed E-state index contributed by atoms with van der Waals surface area (Å²) in [4.78, 5) is 0. The summed E-state index contributed by atoms with van der Waals surface area (Å²) in [5, 5.41) is 4.94. The first-order chi connectivity index (χ1) is 8.46. The molecule has 0 bridgehead atoms. The van der Waals surface area contributed by atoms with E-state index in [4.69, 9.17) is 22.1 Å². The van der Waals surface area contributed by atoms with Crippen molar-refractivity contribution in [3.8, 4) is 0 Å². The molecule has 2 unspecified atom stereocenters. The van der Waals surface area contributed by atoms with E-state index in [1.165, 1.54) is 0 Å². The van der Waals surface area contributed by atoms with E-state index < -0.39 is 0 Å². The molecule has 2 N–H and O–H groups in total. The van der Waals surface area contributed by atoms with Crippen LogP contribution in [-0.2, 0) is 4.74 Å². The van der Waals surface area contributed by atoms with Crippen LogP contribution in [0.25, 0.3) is 0 Å². The van der Waals surface area contributed by atoms with Gasteiger partial charge in [0.2, 0.25) is 0 Å². The van der Waals surface area contributed by atoms with Crippen LogP contribution >= 0.6 is 11.6 Å². The molecular weight excluding hydrogens is 250 g/mol. The topological polar surface area (TPSA) is 53.1 Å². The second-order valence-electron chi connectivity index (χ2n) is 5.51. The Balaban J connectivity index is 2.32. The van der Waals surface area contributed by atoms with E-state index in [0.29, 0.717) is 5.02 Å². The minimum absolute atomic E-state index is 0.241. The Kier molecular flexibility index (Phi) is 3.99. The van der Waals surface area contributed by atoms with Crippen LogP contribution in [-0.4, -0.2) is 22.0 Å². The number of nitrogens with two attached hydrogens (primary N) is 1. The van der Waals surface area contributed by atoms with Crippen LogP contribution in [0.4, 0.5) is 0 Å². The first kappa shape index (κ1) is 13.8. The number of hydrogen-bond donors (Lipinski definition) is 1. The predicted octanol–water partition coefficient (Wildman–Crippen LogP) is 3.08. The summed E-state index contributed by atoms with van der Waals surface area (Å²) in [5.41, 5.74) is 6.96. The lowest BCUT2D eigenvalue weighted by atomic mass is 9.87. The summed E-state index contributed by atoms with van der Waals surface area (Å²) < 4.78 is 7.82. The molecule has 1 fully saturated rings. The molecule has 4 nitrogen and oxygen atoms in total. The molecule has 2 atom stereocenters. The average Bonchev–Trinajstić information content (AvgIpc) is 2.71. The summed E-state index contributed by atoms with van der Waals surface area (Å²) in [7, 11) is 0. The van der Waals surface area contributed by atoms with Crippen molar-refractivity contribution in [3.63, 3.8) is 0 Å². The van der Waals surface area contributed by atoms with Crippen molar-refractivity contribution in [1.29, 1.82) is 0 Å². The van der Waals surface area contributed by atoms with Gasteiger partial charge in [0.05, 0.1) is 28.6 Å². The van der Waals surface area contributed by atoms with Crippen molar-refractivity contribution < 1.29 is 4.74 Å². The maximum Gasteiger partial charge on any atom is 0.0862 e. The summed E-state index contributed by atoms with van der Waals surface area (Å²) in [6, 6.07) is 0.000871. The highest BCUT2D eigenvalue weighted by Crippen LogP contribution is 2.38. The van der Waals surface area contributed by atoms with E-state index in [-0.39, 0.29) is 17.7 Å². The third-order valence-electron chi connectivity index (χ3n) is 3.73. The van der Waals surface area contributed by atoms with Gasteiger partial charge in [0.1, 0.15) is 0 Å². The van der Waals surface area contributed by atoms with Gasteiger partial charge < -0.3 is 10.5 Å². The number of ether oxygens (including phenoxy) is 1. The van der Waals surface area contributed by atoms with Gasteiger partial charge in [-0.15, -0.1) is 0 Å². The molecule has 2 heterocycles. The van der Waals surface area contributed by atoms with Gasteiger partial charge in [-0.25, -0.2) is 0 Å². The minimum Gasteiger partial charge on any atom is -0.373 e. The maximum absolute atomic E-state index is 6.42. The monoisotopic (exact) mass is 271 g/mol. The number of hydrogen-bond acceptors (Lipinski definition) is 3. The van der Waals surface area contributed by atoms with Crippen LogP contribution in [0.15, 0.2) is 6.20 Å². The van der Waals surface area contributed by atoms with Crippen LogP contribution < -0.4 is 5.73 Å². The molecule has 0 spiro atoms. The molecule has 0 aromatic carbocycles. The second kappa shape index (κ2) is 5.19. The molecule has 2 rings (SSSR count). The van der Waals surface area contributed by atoms with Gasteiger partial charge in [-0.2, -0.15) is 5.10 Å². The highest BCUT2D eigenvalue weighted by atomic mass is 35.5. The maximum atomic E-state index is 6.42. The Bertz CT molecular complexity index is 410.